The molecule has 5 heteroatoms. The minimum absolute atomic E-state index is 0.0332. The number of nitrogens with one attached hydrogen (secondary N) is 1. The number of hydrogen-bond donors (Lipinski definition) is 2. The molecule has 0 saturated carbocycles. The number of amides is 1. The van der Waals surface area contributed by atoms with E-state index in [-0.39, 0.29) is 30.4 Å². The Hall–Kier alpha value is -1.36. The maximum atomic E-state index is 12.1. The van der Waals surface area contributed by atoms with Gasteiger partial charge in [0.15, 0.2) is 0 Å². The molecule has 0 radical (unpaired) electrons. The molecular formula is C13H22N2O3. The zero-order chi connectivity index (χ0) is 13.9. The molecule has 1 rings (SSSR count). The molecular weight excluding hydrogens is 232 g/mol. The van der Waals surface area contributed by atoms with E-state index in [0.29, 0.717) is 5.76 Å². The first kappa shape index (κ1) is 14.7. The van der Waals surface area contributed by atoms with Crippen LogP contribution < -0.4 is 5.32 Å². The van der Waals surface area contributed by atoms with E-state index in [0.717, 1.165) is 11.3 Å². The van der Waals surface area contributed by atoms with Crippen molar-refractivity contribution in [3.63, 3.8) is 0 Å². The Bertz CT molecular complexity index is 395. The second-order valence-corrected chi connectivity index (χ2v) is 4.92. The lowest BCUT2D eigenvalue weighted by molar-refractivity contribution is -0.123. The summed E-state index contributed by atoms with van der Waals surface area (Å²) in [7, 11) is 0. The minimum atomic E-state index is -0.301. The molecule has 18 heavy (non-hydrogen) atoms. The van der Waals surface area contributed by atoms with Crippen LogP contribution >= 0.6 is 0 Å². The topological polar surface area (TPSA) is 75.4 Å². The summed E-state index contributed by atoms with van der Waals surface area (Å²) < 4.78 is 5.07. The zero-order valence-electron chi connectivity index (χ0n) is 11.7. The van der Waals surface area contributed by atoms with Gasteiger partial charge in [-0.25, -0.2) is 0 Å². The number of hydrogen-bond acceptors (Lipinski definition) is 4. The van der Waals surface area contributed by atoms with Crippen LogP contribution in [0.5, 0.6) is 0 Å². The molecule has 2 N–H and O–H groups in total. The van der Waals surface area contributed by atoms with Gasteiger partial charge in [-0.3, -0.25) is 4.79 Å². The Morgan fingerprint density at radius 2 is 2.00 bits per heavy atom. The molecule has 1 aromatic rings. The van der Waals surface area contributed by atoms with E-state index in [9.17, 15) is 4.79 Å². The van der Waals surface area contributed by atoms with Crippen LogP contribution in [-0.4, -0.2) is 28.8 Å². The fraction of sp³-hybridized carbons (Fsp3) is 0.692. The van der Waals surface area contributed by atoms with Gasteiger partial charge in [-0.15, -0.1) is 0 Å². The van der Waals surface area contributed by atoms with Gasteiger partial charge in [0.1, 0.15) is 5.76 Å². The molecule has 0 bridgehead atoms. The van der Waals surface area contributed by atoms with Crippen LogP contribution in [0.15, 0.2) is 4.52 Å². The number of aryl methyl sites for hydroxylation is 2. The third kappa shape index (κ3) is 3.10. The SMILES string of the molecule is Cc1noc(C)c1C(C)C(=O)NC(C)C(C)CO. The Morgan fingerprint density at radius 3 is 2.44 bits per heavy atom. The second-order valence-electron chi connectivity index (χ2n) is 4.92. The highest BCUT2D eigenvalue weighted by Crippen LogP contribution is 2.23. The number of aromatic nitrogens is 1. The number of aliphatic hydroxyl groups excluding tert-OH is 1. The van der Waals surface area contributed by atoms with E-state index >= 15 is 0 Å². The first-order valence-electron chi connectivity index (χ1n) is 6.22. The Kier molecular flexibility index (Phi) is 4.90. The maximum Gasteiger partial charge on any atom is 0.227 e. The first-order chi connectivity index (χ1) is 8.38. The third-order valence-corrected chi connectivity index (χ3v) is 3.43. The molecule has 0 aliphatic rings. The summed E-state index contributed by atoms with van der Waals surface area (Å²) in [6, 6.07) is -0.0644. The van der Waals surface area contributed by atoms with Crippen molar-refractivity contribution in [2.75, 3.05) is 6.61 Å². The Labute approximate surface area is 108 Å². The van der Waals surface area contributed by atoms with Gasteiger partial charge in [-0.2, -0.15) is 0 Å². The van der Waals surface area contributed by atoms with Gasteiger partial charge < -0.3 is 14.9 Å². The van der Waals surface area contributed by atoms with Gasteiger partial charge in [-0.05, 0) is 33.6 Å². The van der Waals surface area contributed by atoms with Crippen molar-refractivity contribution in [3.8, 4) is 0 Å². The number of carbonyl (C=O) groups excluding carboxylic acids is 1. The maximum absolute atomic E-state index is 12.1. The van der Waals surface area contributed by atoms with Crippen molar-refractivity contribution in [1.29, 1.82) is 0 Å². The van der Waals surface area contributed by atoms with Crippen molar-refractivity contribution in [3.05, 3.63) is 17.0 Å². The highest BCUT2D eigenvalue weighted by molar-refractivity contribution is 5.83. The number of aliphatic hydroxyl groups is 1. The molecule has 0 aliphatic carbocycles. The Balaban J connectivity index is 2.73. The van der Waals surface area contributed by atoms with E-state index < -0.39 is 0 Å². The summed E-state index contributed by atoms with van der Waals surface area (Å²) in [6.45, 7) is 9.30. The van der Waals surface area contributed by atoms with Crippen LogP contribution in [-0.2, 0) is 4.79 Å². The molecule has 0 fully saturated rings. The molecule has 1 amide bonds. The minimum Gasteiger partial charge on any atom is -0.396 e. The lowest BCUT2D eigenvalue weighted by Crippen LogP contribution is -2.40. The van der Waals surface area contributed by atoms with E-state index in [1.54, 1.807) is 6.92 Å². The number of carbonyl (C=O) groups is 1. The van der Waals surface area contributed by atoms with Crippen molar-refractivity contribution >= 4 is 5.91 Å². The predicted molar refractivity (Wildman–Crippen MR) is 68.2 cm³/mol. The van der Waals surface area contributed by atoms with Crippen LogP contribution in [0.4, 0.5) is 0 Å². The lowest BCUT2D eigenvalue weighted by Gasteiger charge is -2.21. The lowest BCUT2D eigenvalue weighted by atomic mass is 9.97. The fourth-order valence-corrected chi connectivity index (χ4v) is 1.89. The molecule has 3 unspecified atom stereocenters. The molecule has 0 spiro atoms. The fourth-order valence-electron chi connectivity index (χ4n) is 1.89. The van der Waals surface area contributed by atoms with Gasteiger partial charge in [0.2, 0.25) is 5.91 Å². The van der Waals surface area contributed by atoms with Gasteiger partial charge in [0.05, 0.1) is 11.6 Å². The summed E-state index contributed by atoms with van der Waals surface area (Å²) in [5.41, 5.74) is 1.59. The second kappa shape index (κ2) is 6.00. The molecule has 0 aliphatic heterocycles. The van der Waals surface area contributed by atoms with E-state index in [2.05, 4.69) is 10.5 Å². The van der Waals surface area contributed by atoms with Gasteiger partial charge in [0, 0.05) is 18.2 Å². The normalized spacial score (nSPS) is 16.1. The summed E-state index contributed by atoms with van der Waals surface area (Å²) in [5.74, 6) is 0.339. The van der Waals surface area contributed by atoms with Crippen molar-refractivity contribution in [2.24, 2.45) is 5.92 Å². The average Bonchev–Trinajstić information content (AvgIpc) is 2.66. The molecule has 1 heterocycles. The number of nitrogens with zero attached hydrogens (tertiary/aromatic N) is 1. The van der Waals surface area contributed by atoms with Crippen LogP contribution in [0.25, 0.3) is 0 Å². The first-order valence-corrected chi connectivity index (χ1v) is 6.22. The summed E-state index contributed by atoms with van der Waals surface area (Å²) in [4.78, 5) is 12.1. The van der Waals surface area contributed by atoms with E-state index in [1.165, 1.54) is 0 Å². The highest BCUT2D eigenvalue weighted by Gasteiger charge is 2.24. The Morgan fingerprint density at radius 1 is 1.39 bits per heavy atom. The van der Waals surface area contributed by atoms with Crippen LogP contribution in [0, 0.1) is 19.8 Å². The molecule has 5 nitrogen and oxygen atoms in total. The molecule has 1 aromatic heterocycles. The third-order valence-electron chi connectivity index (χ3n) is 3.43. The van der Waals surface area contributed by atoms with Crippen LogP contribution in [0.3, 0.4) is 0 Å². The van der Waals surface area contributed by atoms with Crippen LogP contribution in [0.2, 0.25) is 0 Å². The monoisotopic (exact) mass is 254 g/mol. The largest absolute Gasteiger partial charge is 0.396 e. The number of rotatable bonds is 5. The molecule has 0 aromatic carbocycles. The standard InChI is InChI=1S/C13H22N2O3/c1-7(6-16)9(3)14-13(17)8(2)12-10(4)15-18-11(12)5/h7-9,16H,6H2,1-5H3,(H,14,17). The summed E-state index contributed by atoms with van der Waals surface area (Å²) in [6.07, 6.45) is 0. The van der Waals surface area contributed by atoms with E-state index in [1.807, 2.05) is 27.7 Å². The van der Waals surface area contributed by atoms with E-state index in [4.69, 9.17) is 9.63 Å². The van der Waals surface area contributed by atoms with Crippen molar-refractivity contribution < 1.29 is 14.4 Å². The van der Waals surface area contributed by atoms with Gasteiger partial charge in [0.25, 0.3) is 0 Å². The quantitative estimate of drug-likeness (QED) is 0.835. The zero-order valence-corrected chi connectivity index (χ0v) is 11.7. The smallest absolute Gasteiger partial charge is 0.227 e. The van der Waals surface area contributed by atoms with Crippen molar-refractivity contribution in [1.82, 2.24) is 10.5 Å². The average molecular weight is 254 g/mol. The van der Waals surface area contributed by atoms with Crippen LogP contribution in [0.1, 0.15) is 43.7 Å². The van der Waals surface area contributed by atoms with Crippen molar-refractivity contribution in [2.45, 2.75) is 46.6 Å². The molecule has 102 valence electrons. The molecule has 0 saturated heterocycles. The molecule has 3 atom stereocenters. The summed E-state index contributed by atoms with van der Waals surface area (Å²) >= 11 is 0. The summed E-state index contributed by atoms with van der Waals surface area (Å²) in [5, 5.41) is 15.8. The predicted octanol–water partition coefficient (Wildman–Crippen LogP) is 1.53. The van der Waals surface area contributed by atoms with Gasteiger partial charge in [-0.1, -0.05) is 12.1 Å². The highest BCUT2D eigenvalue weighted by atomic mass is 16.5. The van der Waals surface area contributed by atoms with Gasteiger partial charge >= 0.3 is 0 Å².